The van der Waals surface area contributed by atoms with E-state index in [0.717, 1.165) is 12.8 Å². The average molecular weight is 231 g/mol. The van der Waals surface area contributed by atoms with E-state index in [2.05, 4.69) is 0 Å². The Kier molecular flexibility index (Phi) is 1.81. The number of rotatable bonds is 1. The second-order valence-electron chi connectivity index (χ2n) is 4.64. The number of hydrogen-bond acceptors (Lipinski definition) is 3. The van der Waals surface area contributed by atoms with Crippen molar-refractivity contribution in [2.45, 2.75) is 24.3 Å². The number of aliphatic carboxylic acids is 1. The molecule has 4 nitrogen and oxygen atoms in total. The van der Waals surface area contributed by atoms with Crippen molar-refractivity contribution in [2.75, 3.05) is 0 Å². The van der Waals surface area contributed by atoms with E-state index in [1.165, 1.54) is 0 Å². The maximum Gasteiger partial charge on any atom is 0.310 e. The van der Waals surface area contributed by atoms with E-state index in [0.29, 0.717) is 0 Å². The van der Waals surface area contributed by atoms with Gasteiger partial charge in [0.1, 0.15) is 6.10 Å². The first kappa shape index (κ1) is 9.46. The smallest absolute Gasteiger partial charge is 0.310 e. The molecule has 1 aliphatic heterocycles. The number of carbonyl (C=O) groups is 2. The fraction of sp³-hybridized carbons (Fsp3) is 0.800. The molecule has 1 heterocycles. The SMILES string of the molecule is O=C(O)[C@@H]1[C@H]2CC[C@H]3[C@H](OC(=O)[C@@H]31)[C@@H]2Cl. The summed E-state index contributed by atoms with van der Waals surface area (Å²) in [5, 5.41) is 8.84. The fourth-order valence-corrected chi connectivity index (χ4v) is 4.03. The molecule has 0 spiro atoms. The molecule has 4 aliphatic rings. The lowest BCUT2D eigenvalue weighted by Gasteiger charge is -2.45. The Morgan fingerprint density at radius 1 is 1.40 bits per heavy atom. The van der Waals surface area contributed by atoms with Gasteiger partial charge in [-0.25, -0.2) is 0 Å². The predicted molar refractivity (Wildman–Crippen MR) is 50.4 cm³/mol. The van der Waals surface area contributed by atoms with Crippen molar-refractivity contribution in [3.63, 3.8) is 0 Å². The highest BCUT2D eigenvalue weighted by Gasteiger charge is 2.64. The van der Waals surface area contributed by atoms with E-state index in [-0.39, 0.29) is 29.3 Å². The quantitative estimate of drug-likeness (QED) is 0.537. The van der Waals surface area contributed by atoms with Gasteiger partial charge in [-0.3, -0.25) is 9.59 Å². The first-order valence-corrected chi connectivity index (χ1v) is 5.62. The van der Waals surface area contributed by atoms with Gasteiger partial charge in [-0.2, -0.15) is 0 Å². The molecule has 0 aromatic rings. The van der Waals surface area contributed by atoms with Crippen molar-refractivity contribution < 1.29 is 19.4 Å². The van der Waals surface area contributed by atoms with Gasteiger partial charge in [-0.15, -0.1) is 11.6 Å². The summed E-state index contributed by atoms with van der Waals surface area (Å²) < 4.78 is 5.18. The standard InChI is InChI=1S/C10H11ClO4/c11-7-3-1-2-4-6(5(3)9(12)13)10(14)15-8(4)7/h3-8H,1-2H2,(H,12,13)/t3-,4-,5-,6+,7-,8+/m1/s1. The van der Waals surface area contributed by atoms with Crippen LogP contribution in [-0.4, -0.2) is 28.5 Å². The molecule has 4 bridgehead atoms. The molecule has 0 aromatic carbocycles. The molecule has 0 unspecified atom stereocenters. The molecule has 82 valence electrons. The number of alkyl halides is 1. The van der Waals surface area contributed by atoms with Crippen LogP contribution >= 0.6 is 11.6 Å². The van der Waals surface area contributed by atoms with Gasteiger partial charge in [0.25, 0.3) is 0 Å². The number of fused-ring (bicyclic) bond motifs is 1. The predicted octanol–water partition coefficient (Wildman–Crippen LogP) is 0.876. The van der Waals surface area contributed by atoms with E-state index in [4.69, 9.17) is 21.4 Å². The Labute approximate surface area is 91.5 Å². The first-order valence-electron chi connectivity index (χ1n) is 5.18. The van der Waals surface area contributed by atoms with E-state index in [1.807, 2.05) is 0 Å². The highest BCUT2D eigenvalue weighted by Crippen LogP contribution is 2.55. The normalized spacial score (nSPS) is 51.7. The Balaban J connectivity index is 2.05. The Bertz CT molecular complexity index is 342. The summed E-state index contributed by atoms with van der Waals surface area (Å²) >= 11 is 6.17. The third kappa shape index (κ3) is 1.03. The van der Waals surface area contributed by atoms with Crippen LogP contribution in [0.4, 0.5) is 0 Å². The number of ether oxygens (including phenoxy) is 1. The van der Waals surface area contributed by atoms with Crippen molar-refractivity contribution in [1.82, 2.24) is 0 Å². The van der Waals surface area contributed by atoms with E-state index in [9.17, 15) is 9.59 Å². The summed E-state index contributed by atoms with van der Waals surface area (Å²) in [7, 11) is 0. The molecule has 3 aliphatic carbocycles. The molecule has 5 heteroatoms. The summed E-state index contributed by atoms with van der Waals surface area (Å²) in [6, 6.07) is 0. The lowest BCUT2D eigenvalue weighted by Crippen LogP contribution is -2.53. The molecule has 1 N–H and O–H groups in total. The zero-order valence-electron chi connectivity index (χ0n) is 7.93. The Morgan fingerprint density at radius 3 is 2.73 bits per heavy atom. The number of esters is 1. The van der Waals surface area contributed by atoms with E-state index >= 15 is 0 Å². The number of carboxylic acids is 1. The van der Waals surface area contributed by atoms with Crippen LogP contribution < -0.4 is 0 Å². The maximum atomic E-state index is 11.6. The minimum Gasteiger partial charge on any atom is -0.481 e. The maximum absolute atomic E-state index is 11.6. The lowest BCUT2D eigenvalue weighted by molar-refractivity contribution is -0.154. The summed E-state index contributed by atoms with van der Waals surface area (Å²) in [6.45, 7) is 0. The second-order valence-corrected chi connectivity index (χ2v) is 5.14. The zero-order valence-corrected chi connectivity index (χ0v) is 8.68. The van der Waals surface area contributed by atoms with Gasteiger partial charge in [0, 0.05) is 5.92 Å². The molecular formula is C10H11ClO4. The molecule has 4 rings (SSSR count). The van der Waals surface area contributed by atoms with Gasteiger partial charge in [-0.05, 0) is 18.8 Å². The third-order valence-corrected chi connectivity index (χ3v) is 4.67. The number of carbonyl (C=O) groups excluding carboxylic acids is 1. The molecule has 1 saturated heterocycles. The van der Waals surface area contributed by atoms with Crippen LogP contribution in [0.2, 0.25) is 0 Å². The van der Waals surface area contributed by atoms with Gasteiger partial charge >= 0.3 is 11.9 Å². The number of hydrogen-bond donors (Lipinski definition) is 1. The van der Waals surface area contributed by atoms with Crippen molar-refractivity contribution in [2.24, 2.45) is 23.7 Å². The van der Waals surface area contributed by atoms with Crippen LogP contribution in [0.3, 0.4) is 0 Å². The number of halogens is 1. The van der Waals surface area contributed by atoms with Crippen LogP contribution in [0.25, 0.3) is 0 Å². The topological polar surface area (TPSA) is 63.6 Å². The molecule has 6 atom stereocenters. The molecular weight excluding hydrogens is 220 g/mol. The second kappa shape index (κ2) is 2.88. The van der Waals surface area contributed by atoms with E-state index in [1.54, 1.807) is 0 Å². The average Bonchev–Trinajstić information content (AvgIpc) is 2.49. The summed E-state index contributed by atoms with van der Waals surface area (Å²) in [5.74, 6) is -2.40. The fourth-order valence-electron chi connectivity index (χ4n) is 3.51. The Hall–Kier alpha value is -0.770. The van der Waals surface area contributed by atoms with Gasteiger partial charge in [0.15, 0.2) is 0 Å². The molecule has 4 fully saturated rings. The van der Waals surface area contributed by atoms with Gasteiger partial charge in [-0.1, -0.05) is 0 Å². The summed E-state index contributed by atoms with van der Waals surface area (Å²) in [5.41, 5.74) is 0. The van der Waals surface area contributed by atoms with Crippen LogP contribution in [0.5, 0.6) is 0 Å². The highest BCUT2D eigenvalue weighted by molar-refractivity contribution is 6.22. The van der Waals surface area contributed by atoms with E-state index < -0.39 is 17.8 Å². The van der Waals surface area contributed by atoms with Gasteiger partial charge in [0.05, 0.1) is 17.2 Å². The van der Waals surface area contributed by atoms with Crippen LogP contribution in [0, 0.1) is 23.7 Å². The summed E-state index contributed by atoms with van der Waals surface area (Å²) in [6.07, 6.45) is 1.44. The van der Waals surface area contributed by atoms with Gasteiger partial charge in [0.2, 0.25) is 0 Å². The number of carboxylic acid groups (broad SMARTS) is 1. The molecule has 3 saturated carbocycles. The van der Waals surface area contributed by atoms with Crippen molar-refractivity contribution in [1.29, 1.82) is 0 Å². The van der Waals surface area contributed by atoms with Gasteiger partial charge < -0.3 is 9.84 Å². The minimum absolute atomic E-state index is 0.0334. The zero-order chi connectivity index (χ0) is 10.7. The van der Waals surface area contributed by atoms with Crippen LogP contribution in [0.15, 0.2) is 0 Å². The van der Waals surface area contributed by atoms with Crippen molar-refractivity contribution >= 4 is 23.5 Å². The molecule has 15 heavy (non-hydrogen) atoms. The highest BCUT2D eigenvalue weighted by atomic mass is 35.5. The van der Waals surface area contributed by atoms with Crippen LogP contribution in [-0.2, 0) is 14.3 Å². The largest absolute Gasteiger partial charge is 0.481 e. The Morgan fingerprint density at radius 2 is 2.07 bits per heavy atom. The van der Waals surface area contributed by atoms with Crippen LogP contribution in [0.1, 0.15) is 12.8 Å². The monoisotopic (exact) mass is 230 g/mol. The summed E-state index contributed by atoms with van der Waals surface area (Å²) in [4.78, 5) is 22.7. The lowest BCUT2D eigenvalue weighted by atomic mass is 9.58. The molecule has 0 aromatic heterocycles. The molecule has 0 amide bonds. The molecule has 0 radical (unpaired) electrons. The third-order valence-electron chi connectivity index (χ3n) is 4.10. The first-order chi connectivity index (χ1) is 7.11. The minimum atomic E-state index is -0.905. The van der Waals surface area contributed by atoms with Crippen molar-refractivity contribution in [3.8, 4) is 0 Å². The van der Waals surface area contributed by atoms with Crippen molar-refractivity contribution in [3.05, 3.63) is 0 Å².